The Bertz CT molecular complexity index is 361. The van der Waals surface area contributed by atoms with Gasteiger partial charge in [-0.3, -0.25) is 0 Å². The van der Waals surface area contributed by atoms with Gasteiger partial charge in [-0.05, 0) is 0 Å². The quantitative estimate of drug-likeness (QED) is 0.289. The van der Waals surface area contributed by atoms with E-state index in [-0.39, 0.29) is 13.2 Å². The molecule has 7 atom stereocenters. The minimum absolute atomic E-state index is 0.0909. The summed E-state index contributed by atoms with van der Waals surface area (Å²) in [5.41, 5.74) is 0. The van der Waals surface area contributed by atoms with Crippen LogP contribution in [-0.2, 0) is 14.2 Å². The van der Waals surface area contributed by atoms with Crippen molar-refractivity contribution in [1.82, 2.24) is 0 Å². The van der Waals surface area contributed by atoms with Crippen LogP contribution < -0.4 is 0 Å². The molecule has 0 amide bonds. The molecule has 1 rings (SSSR count). The Morgan fingerprint density at radius 3 is 2.09 bits per heavy atom. The lowest BCUT2D eigenvalue weighted by Gasteiger charge is -2.44. The van der Waals surface area contributed by atoms with Crippen LogP contribution in [0.1, 0.15) is 0 Å². The third-order valence-corrected chi connectivity index (χ3v) is 3.63. The minimum Gasteiger partial charge on any atom is -0.394 e. The highest BCUT2D eigenvalue weighted by Crippen LogP contribution is 2.26. The Morgan fingerprint density at radius 1 is 0.957 bits per heavy atom. The van der Waals surface area contributed by atoms with Crippen LogP contribution >= 0.6 is 0 Å². The van der Waals surface area contributed by atoms with Gasteiger partial charge in [0.2, 0.25) is 0 Å². The van der Waals surface area contributed by atoms with Crippen molar-refractivity contribution < 1.29 is 39.7 Å². The van der Waals surface area contributed by atoms with Crippen molar-refractivity contribution in [3.63, 3.8) is 0 Å². The fraction of sp³-hybridized carbons (Fsp3) is 0.733. The molecule has 134 valence electrons. The molecule has 1 aliphatic heterocycles. The molecule has 2 unspecified atom stereocenters. The lowest BCUT2D eigenvalue weighted by molar-refractivity contribution is -0.266. The van der Waals surface area contributed by atoms with E-state index in [0.717, 1.165) is 0 Å². The molecule has 8 heteroatoms. The van der Waals surface area contributed by atoms with Crippen LogP contribution in [0.25, 0.3) is 0 Å². The molecule has 0 aromatic rings. The van der Waals surface area contributed by atoms with Crippen LogP contribution in [-0.4, -0.2) is 94.7 Å². The van der Waals surface area contributed by atoms with Gasteiger partial charge in [-0.15, -0.1) is 13.2 Å². The van der Waals surface area contributed by atoms with E-state index in [9.17, 15) is 25.5 Å². The van der Waals surface area contributed by atoms with Gasteiger partial charge >= 0.3 is 0 Å². The summed E-state index contributed by atoms with van der Waals surface area (Å²) in [6, 6.07) is 0. The van der Waals surface area contributed by atoms with Gasteiger partial charge in [0, 0.05) is 0 Å². The van der Waals surface area contributed by atoms with E-state index in [4.69, 9.17) is 14.2 Å². The van der Waals surface area contributed by atoms with Crippen molar-refractivity contribution in [2.45, 2.75) is 42.7 Å². The topological polar surface area (TPSA) is 129 Å². The summed E-state index contributed by atoms with van der Waals surface area (Å²) in [7, 11) is 0. The molecule has 0 aliphatic carbocycles. The average Bonchev–Trinajstić information content (AvgIpc) is 2.56. The van der Waals surface area contributed by atoms with E-state index in [1.54, 1.807) is 0 Å². The SMILES string of the molecule is C=CCOC(CO)C(OCC=C)[C@@H]1O[C@H](CO)[C@@H](O)[C@H](O)[C@H]1O. The first-order valence-electron chi connectivity index (χ1n) is 7.38. The maximum Gasteiger partial charge on any atom is 0.115 e. The van der Waals surface area contributed by atoms with Crippen molar-refractivity contribution in [2.75, 3.05) is 26.4 Å². The molecule has 0 bridgehead atoms. The van der Waals surface area contributed by atoms with Crippen molar-refractivity contribution >= 4 is 0 Å². The average molecular weight is 334 g/mol. The molecule has 8 nitrogen and oxygen atoms in total. The lowest BCUT2D eigenvalue weighted by Crippen LogP contribution is -2.64. The molecule has 0 radical (unpaired) electrons. The monoisotopic (exact) mass is 334 g/mol. The Morgan fingerprint density at radius 2 is 1.57 bits per heavy atom. The van der Waals surface area contributed by atoms with Crippen molar-refractivity contribution in [3.8, 4) is 0 Å². The standard InChI is InChI=1S/C15H26O8/c1-3-5-21-10(8-17)14(22-6-4-2)15-13(20)12(19)11(18)9(7-16)23-15/h3-4,9-20H,1-2,5-8H2/t9-,10?,11-,12+,13-,14?,15-/m1/s1. The molecular formula is C15H26O8. The first-order chi connectivity index (χ1) is 11.0. The second kappa shape index (κ2) is 10.1. The van der Waals surface area contributed by atoms with Crippen molar-refractivity contribution in [1.29, 1.82) is 0 Å². The minimum atomic E-state index is -1.53. The summed E-state index contributed by atoms with van der Waals surface area (Å²) in [4.78, 5) is 0. The van der Waals surface area contributed by atoms with Crippen molar-refractivity contribution in [3.05, 3.63) is 25.3 Å². The van der Waals surface area contributed by atoms with E-state index in [1.165, 1.54) is 12.2 Å². The second-order valence-corrected chi connectivity index (χ2v) is 5.22. The molecule has 1 saturated heterocycles. The molecule has 0 aromatic heterocycles. The van der Waals surface area contributed by atoms with Gasteiger partial charge in [0.05, 0.1) is 26.4 Å². The number of aliphatic hydroxyl groups excluding tert-OH is 5. The highest BCUT2D eigenvalue weighted by Gasteiger charge is 2.48. The number of hydrogen-bond acceptors (Lipinski definition) is 8. The molecular weight excluding hydrogens is 308 g/mol. The number of ether oxygens (including phenoxy) is 3. The molecule has 23 heavy (non-hydrogen) atoms. The van der Waals surface area contributed by atoms with Gasteiger partial charge < -0.3 is 39.7 Å². The maximum atomic E-state index is 10.2. The number of hydrogen-bond donors (Lipinski definition) is 5. The van der Waals surface area contributed by atoms with Crippen LogP contribution in [0.3, 0.4) is 0 Å². The zero-order valence-electron chi connectivity index (χ0n) is 12.9. The van der Waals surface area contributed by atoms with Crippen molar-refractivity contribution in [2.24, 2.45) is 0 Å². The van der Waals surface area contributed by atoms with E-state index in [2.05, 4.69) is 13.2 Å². The third kappa shape index (κ3) is 5.07. The molecule has 5 N–H and O–H groups in total. The Hall–Kier alpha value is -0.840. The van der Waals surface area contributed by atoms with Gasteiger partial charge in [-0.25, -0.2) is 0 Å². The van der Waals surface area contributed by atoms with Gasteiger partial charge in [0.25, 0.3) is 0 Å². The fourth-order valence-corrected chi connectivity index (χ4v) is 2.44. The normalized spacial score (nSPS) is 33.9. The predicted octanol–water partition coefficient (Wildman–Crippen LogP) is -2.04. The van der Waals surface area contributed by atoms with E-state index in [1.807, 2.05) is 0 Å². The summed E-state index contributed by atoms with van der Waals surface area (Å²) in [6.07, 6.45) is -5.52. The van der Waals surface area contributed by atoms with Crippen LogP contribution in [0.4, 0.5) is 0 Å². The van der Waals surface area contributed by atoms with Gasteiger partial charge in [0.1, 0.15) is 42.7 Å². The van der Waals surface area contributed by atoms with Crippen LogP contribution in [0.15, 0.2) is 25.3 Å². The first kappa shape index (κ1) is 20.2. The molecule has 1 fully saturated rings. The predicted molar refractivity (Wildman–Crippen MR) is 80.7 cm³/mol. The fourth-order valence-electron chi connectivity index (χ4n) is 2.44. The molecule has 0 aromatic carbocycles. The van der Waals surface area contributed by atoms with Crippen LogP contribution in [0, 0.1) is 0 Å². The van der Waals surface area contributed by atoms with Crippen LogP contribution in [0.2, 0.25) is 0 Å². The molecule has 1 heterocycles. The summed E-state index contributed by atoms with van der Waals surface area (Å²) >= 11 is 0. The van der Waals surface area contributed by atoms with E-state index >= 15 is 0 Å². The summed E-state index contributed by atoms with van der Waals surface area (Å²) in [6.45, 7) is 6.29. The van der Waals surface area contributed by atoms with E-state index < -0.39 is 55.9 Å². The van der Waals surface area contributed by atoms with Gasteiger partial charge in [-0.1, -0.05) is 12.2 Å². The first-order valence-corrected chi connectivity index (χ1v) is 7.38. The van der Waals surface area contributed by atoms with E-state index in [0.29, 0.717) is 0 Å². The van der Waals surface area contributed by atoms with Gasteiger partial charge in [0.15, 0.2) is 0 Å². The Kier molecular flexibility index (Phi) is 8.88. The third-order valence-electron chi connectivity index (χ3n) is 3.63. The molecule has 1 aliphatic rings. The Labute approximate surface area is 135 Å². The van der Waals surface area contributed by atoms with Gasteiger partial charge in [-0.2, -0.15) is 0 Å². The second-order valence-electron chi connectivity index (χ2n) is 5.22. The number of aliphatic hydroxyl groups is 5. The smallest absolute Gasteiger partial charge is 0.115 e. The molecule has 0 spiro atoms. The van der Waals surface area contributed by atoms with Crippen LogP contribution in [0.5, 0.6) is 0 Å². The zero-order valence-corrected chi connectivity index (χ0v) is 12.9. The maximum absolute atomic E-state index is 10.2. The summed E-state index contributed by atoms with van der Waals surface area (Å²) in [5.74, 6) is 0. The highest BCUT2D eigenvalue weighted by molar-refractivity contribution is 4.97. The Balaban J connectivity index is 2.97. The summed E-state index contributed by atoms with van der Waals surface area (Å²) in [5, 5.41) is 48.7. The molecule has 0 saturated carbocycles. The number of rotatable bonds is 10. The largest absolute Gasteiger partial charge is 0.394 e. The zero-order chi connectivity index (χ0) is 17.4. The summed E-state index contributed by atoms with van der Waals surface area (Å²) < 4.78 is 16.4. The highest BCUT2D eigenvalue weighted by atomic mass is 16.6. The lowest BCUT2D eigenvalue weighted by atomic mass is 9.90.